The van der Waals surface area contributed by atoms with Crippen LogP contribution in [0, 0.1) is 0 Å². The van der Waals surface area contributed by atoms with Crippen LogP contribution in [0.25, 0.3) is 17.0 Å². The first-order chi connectivity index (χ1) is 16.1. The Balaban J connectivity index is 1.77. The number of hydrogen-bond acceptors (Lipinski definition) is 9. The van der Waals surface area contributed by atoms with E-state index in [1.165, 1.54) is 13.4 Å². The molecule has 0 aliphatic heterocycles. The summed E-state index contributed by atoms with van der Waals surface area (Å²) >= 11 is 0. The van der Waals surface area contributed by atoms with E-state index in [1.54, 1.807) is 60.4 Å². The number of anilines is 2. The molecule has 0 spiro atoms. The minimum Gasteiger partial charge on any atom is -0.495 e. The Kier molecular flexibility index (Phi) is 6.42. The largest absolute Gasteiger partial charge is 0.495 e. The second-order valence-electron chi connectivity index (χ2n) is 8.04. The van der Waals surface area contributed by atoms with Crippen molar-refractivity contribution in [2.24, 2.45) is 0 Å². The van der Waals surface area contributed by atoms with Gasteiger partial charge in [0.05, 0.1) is 29.1 Å². The molecule has 12 heteroatoms. The lowest BCUT2D eigenvalue weighted by molar-refractivity contribution is 0.417. The number of benzene rings is 2. The summed E-state index contributed by atoms with van der Waals surface area (Å²) in [7, 11) is -4.43. The normalized spacial score (nSPS) is 12.1. The molecule has 0 radical (unpaired) electrons. The van der Waals surface area contributed by atoms with Gasteiger partial charge in [0.15, 0.2) is 15.5 Å². The number of fused-ring (bicyclic) bond motifs is 1. The Labute approximate surface area is 197 Å². The van der Waals surface area contributed by atoms with Crippen LogP contribution in [0.2, 0.25) is 0 Å². The number of nitrogens with zero attached hydrogens (tertiary/aromatic N) is 5. The molecule has 0 aliphatic rings. The number of hydrogen-bond donors (Lipinski definition) is 1. The average Bonchev–Trinajstić information content (AvgIpc) is 3.22. The molecule has 34 heavy (non-hydrogen) atoms. The molecule has 10 nitrogen and oxygen atoms in total. The fraction of sp³-hybridized carbons (Fsp3) is 0.273. The van der Waals surface area contributed by atoms with Gasteiger partial charge in [-0.2, -0.15) is 4.98 Å². The number of imidazole rings is 1. The second kappa shape index (κ2) is 9.15. The Hall–Kier alpha value is -3.30. The third-order valence-electron chi connectivity index (χ3n) is 5.16. The van der Waals surface area contributed by atoms with Crippen LogP contribution in [0.3, 0.4) is 0 Å². The number of methoxy groups -OCH3 is 1. The number of nitrogens with one attached hydrogen (secondary N) is 1. The van der Waals surface area contributed by atoms with Gasteiger partial charge in [0.1, 0.15) is 19.2 Å². The van der Waals surface area contributed by atoms with Gasteiger partial charge in [-0.05, 0) is 50.1 Å². The zero-order chi connectivity index (χ0) is 24.5. The first-order valence-electron chi connectivity index (χ1n) is 10.5. The fourth-order valence-electron chi connectivity index (χ4n) is 3.49. The minimum absolute atomic E-state index is 0.0366. The molecule has 0 fully saturated rings. The van der Waals surface area contributed by atoms with E-state index >= 15 is 0 Å². The fourth-order valence-corrected chi connectivity index (χ4v) is 5.88. The molecule has 4 rings (SSSR count). The molecule has 0 atom stereocenters. The van der Waals surface area contributed by atoms with E-state index in [0.717, 1.165) is 0 Å². The van der Waals surface area contributed by atoms with E-state index < -0.39 is 17.0 Å². The molecule has 0 saturated carbocycles. The van der Waals surface area contributed by atoms with Crippen LogP contribution in [-0.4, -0.2) is 59.3 Å². The van der Waals surface area contributed by atoms with Crippen molar-refractivity contribution < 1.29 is 17.7 Å². The van der Waals surface area contributed by atoms with Gasteiger partial charge in [0.25, 0.3) is 0 Å². The Morgan fingerprint density at radius 1 is 1.12 bits per heavy atom. The molecular weight excluding hydrogens is 475 g/mol. The summed E-state index contributed by atoms with van der Waals surface area (Å²) in [6.07, 6.45) is 1.98. The van der Waals surface area contributed by atoms with Gasteiger partial charge in [-0.3, -0.25) is 4.57 Å². The Bertz CT molecular complexity index is 1510. The zero-order valence-electron chi connectivity index (χ0n) is 19.3. The predicted molar refractivity (Wildman–Crippen MR) is 132 cm³/mol. The molecule has 178 valence electrons. The summed E-state index contributed by atoms with van der Waals surface area (Å²) in [5.74, 6) is 0.689. The predicted octanol–water partition coefficient (Wildman–Crippen LogP) is 3.39. The molecule has 0 amide bonds. The van der Waals surface area contributed by atoms with Gasteiger partial charge in [0, 0.05) is 5.30 Å². The van der Waals surface area contributed by atoms with Gasteiger partial charge in [-0.15, -0.1) is 10.2 Å². The number of ether oxygens (including phenoxy) is 1. The summed E-state index contributed by atoms with van der Waals surface area (Å²) in [6.45, 7) is 5.20. The van der Waals surface area contributed by atoms with E-state index in [4.69, 9.17) is 4.74 Å². The average molecular weight is 501 g/mol. The lowest BCUT2D eigenvalue weighted by Crippen LogP contribution is -2.10. The zero-order valence-corrected chi connectivity index (χ0v) is 21.0. The maximum absolute atomic E-state index is 12.8. The standard InChI is InChI=1S/C22H25N6O4PS/c1-5-12-34(30,31)19-9-7-6-8-17(19)28-14-23-20-21(28)25-22(27-26-20)24-16-11-10-15(33(3,4)29)13-18(16)32-2/h6-11,13-14H,5,12H2,1-4H3,(H,24,25,27). The van der Waals surface area contributed by atoms with Crippen molar-refractivity contribution in [1.82, 2.24) is 24.7 Å². The molecule has 2 heterocycles. The van der Waals surface area contributed by atoms with Crippen LogP contribution in [0.15, 0.2) is 53.7 Å². The van der Waals surface area contributed by atoms with E-state index in [-0.39, 0.29) is 22.2 Å². The van der Waals surface area contributed by atoms with Gasteiger partial charge in [-0.25, -0.2) is 13.4 Å². The van der Waals surface area contributed by atoms with E-state index in [0.29, 0.717) is 34.5 Å². The SMILES string of the molecule is CCCS(=O)(=O)c1ccccc1-n1cnc2nnc(Nc3ccc(P(C)(C)=O)cc3OC)nc21. The third kappa shape index (κ3) is 4.67. The summed E-state index contributed by atoms with van der Waals surface area (Å²) in [4.78, 5) is 8.97. The molecule has 0 saturated heterocycles. The highest BCUT2D eigenvalue weighted by Gasteiger charge is 2.21. The topological polar surface area (TPSA) is 129 Å². The van der Waals surface area contributed by atoms with Crippen LogP contribution in [-0.2, 0) is 14.4 Å². The van der Waals surface area contributed by atoms with Gasteiger partial charge in [0.2, 0.25) is 11.6 Å². The van der Waals surface area contributed by atoms with Crippen LogP contribution in [0.1, 0.15) is 13.3 Å². The highest BCUT2D eigenvalue weighted by molar-refractivity contribution is 7.91. The first kappa shape index (κ1) is 23.8. The van der Waals surface area contributed by atoms with Gasteiger partial charge >= 0.3 is 0 Å². The molecule has 2 aromatic carbocycles. The third-order valence-corrected chi connectivity index (χ3v) is 8.64. The van der Waals surface area contributed by atoms with Crippen molar-refractivity contribution in [3.05, 3.63) is 48.8 Å². The summed E-state index contributed by atoms with van der Waals surface area (Å²) in [5, 5.41) is 12.0. The van der Waals surface area contributed by atoms with Crippen molar-refractivity contribution in [2.45, 2.75) is 18.2 Å². The molecule has 0 unspecified atom stereocenters. The van der Waals surface area contributed by atoms with Crippen LogP contribution in [0.5, 0.6) is 5.75 Å². The molecule has 0 aliphatic carbocycles. The maximum atomic E-state index is 12.8. The maximum Gasteiger partial charge on any atom is 0.249 e. The lowest BCUT2D eigenvalue weighted by atomic mass is 10.3. The summed E-state index contributed by atoms with van der Waals surface area (Å²) in [5.41, 5.74) is 1.62. The highest BCUT2D eigenvalue weighted by atomic mass is 32.2. The van der Waals surface area contributed by atoms with Crippen LogP contribution >= 0.6 is 7.14 Å². The van der Waals surface area contributed by atoms with Crippen molar-refractivity contribution in [1.29, 1.82) is 0 Å². The number of sulfone groups is 1. The van der Waals surface area contributed by atoms with E-state index in [2.05, 4.69) is 25.5 Å². The quantitative estimate of drug-likeness (QED) is 0.362. The summed E-state index contributed by atoms with van der Waals surface area (Å²) < 4.78 is 45.1. The smallest absolute Gasteiger partial charge is 0.249 e. The van der Waals surface area contributed by atoms with Gasteiger partial charge < -0.3 is 14.6 Å². The van der Waals surface area contributed by atoms with Gasteiger partial charge in [-0.1, -0.05) is 19.1 Å². The number of para-hydroxylation sites is 1. The molecular formula is C22H25N6O4PS. The Morgan fingerprint density at radius 2 is 1.88 bits per heavy atom. The van der Waals surface area contributed by atoms with Crippen molar-refractivity contribution >= 4 is 45.2 Å². The number of rotatable bonds is 8. The van der Waals surface area contributed by atoms with Crippen LogP contribution in [0.4, 0.5) is 11.6 Å². The van der Waals surface area contributed by atoms with E-state index in [9.17, 15) is 13.0 Å². The lowest BCUT2D eigenvalue weighted by Gasteiger charge is -2.14. The molecule has 4 aromatic rings. The van der Waals surface area contributed by atoms with Crippen molar-refractivity contribution in [2.75, 3.05) is 31.5 Å². The highest BCUT2D eigenvalue weighted by Crippen LogP contribution is 2.37. The monoisotopic (exact) mass is 500 g/mol. The second-order valence-corrected chi connectivity index (χ2v) is 13.3. The Morgan fingerprint density at radius 3 is 2.59 bits per heavy atom. The first-order valence-corrected chi connectivity index (χ1v) is 14.8. The number of aromatic nitrogens is 5. The van der Waals surface area contributed by atoms with E-state index in [1.807, 2.05) is 6.92 Å². The molecule has 2 aromatic heterocycles. The minimum atomic E-state index is -3.49. The molecule has 1 N–H and O–H groups in total. The van der Waals surface area contributed by atoms with Crippen molar-refractivity contribution in [3.63, 3.8) is 0 Å². The van der Waals surface area contributed by atoms with Crippen LogP contribution < -0.4 is 15.4 Å². The molecule has 0 bridgehead atoms. The summed E-state index contributed by atoms with van der Waals surface area (Å²) in [6, 6.07) is 11.9. The van der Waals surface area contributed by atoms with Crippen molar-refractivity contribution in [3.8, 4) is 11.4 Å².